The Kier molecular flexibility index (Phi) is 5.79. The van der Waals surface area contributed by atoms with Gasteiger partial charge < -0.3 is 5.32 Å². The number of hydrogen-bond donors (Lipinski definition) is 2. The number of rotatable bonds is 9. The largest absolute Gasteiger partial charge is 0.310 e. The first-order chi connectivity index (χ1) is 10.0. The van der Waals surface area contributed by atoms with E-state index in [0.29, 0.717) is 17.5 Å². The van der Waals surface area contributed by atoms with Gasteiger partial charge in [0.25, 0.3) is 0 Å². The van der Waals surface area contributed by atoms with Gasteiger partial charge in [0.05, 0.1) is 4.90 Å². The van der Waals surface area contributed by atoms with E-state index in [1.807, 2.05) is 19.1 Å². The normalized spacial score (nSPS) is 15.3. The minimum absolute atomic E-state index is 0.411. The molecule has 2 N–H and O–H groups in total. The fraction of sp³-hybridized carbons (Fsp3) is 0.625. The minimum atomic E-state index is -3.39. The standard InChI is InChI=1S/C16H26N2O2S/c1-3-4-5-10-18-21(19,20)16-11-14(7-6-13(16)2)12-17-15-8-9-15/h6-7,11,15,17-18H,3-5,8-10,12H2,1-2H3. The van der Waals surface area contributed by atoms with Gasteiger partial charge in [0.15, 0.2) is 0 Å². The molecule has 1 aliphatic rings. The van der Waals surface area contributed by atoms with Gasteiger partial charge in [-0.2, -0.15) is 0 Å². The Morgan fingerprint density at radius 2 is 2.00 bits per heavy atom. The van der Waals surface area contributed by atoms with E-state index >= 15 is 0 Å². The van der Waals surface area contributed by atoms with Crippen LogP contribution in [0.2, 0.25) is 0 Å². The van der Waals surface area contributed by atoms with E-state index in [1.54, 1.807) is 6.07 Å². The molecule has 1 saturated carbocycles. The van der Waals surface area contributed by atoms with Crippen molar-refractivity contribution in [3.63, 3.8) is 0 Å². The van der Waals surface area contributed by atoms with Crippen LogP contribution in [0.3, 0.4) is 0 Å². The topological polar surface area (TPSA) is 58.2 Å². The molecule has 5 heteroatoms. The summed E-state index contributed by atoms with van der Waals surface area (Å²) >= 11 is 0. The molecule has 21 heavy (non-hydrogen) atoms. The van der Waals surface area contributed by atoms with Crippen molar-refractivity contribution in [3.05, 3.63) is 29.3 Å². The van der Waals surface area contributed by atoms with Crippen LogP contribution in [-0.2, 0) is 16.6 Å². The number of unbranched alkanes of at least 4 members (excludes halogenated alkanes) is 2. The van der Waals surface area contributed by atoms with E-state index in [1.165, 1.54) is 12.8 Å². The van der Waals surface area contributed by atoms with Gasteiger partial charge in [0, 0.05) is 19.1 Å². The molecule has 1 aromatic carbocycles. The second-order valence-electron chi connectivity index (χ2n) is 5.86. The van der Waals surface area contributed by atoms with Crippen molar-refractivity contribution in [1.82, 2.24) is 10.0 Å². The van der Waals surface area contributed by atoms with Crippen molar-refractivity contribution >= 4 is 10.0 Å². The van der Waals surface area contributed by atoms with Crippen LogP contribution in [0.4, 0.5) is 0 Å². The van der Waals surface area contributed by atoms with Crippen molar-refractivity contribution < 1.29 is 8.42 Å². The fourth-order valence-electron chi connectivity index (χ4n) is 2.25. The molecule has 0 atom stereocenters. The Morgan fingerprint density at radius 3 is 2.67 bits per heavy atom. The van der Waals surface area contributed by atoms with Gasteiger partial charge in [0.2, 0.25) is 10.0 Å². The highest BCUT2D eigenvalue weighted by Gasteiger charge is 2.21. The van der Waals surface area contributed by atoms with Gasteiger partial charge in [-0.1, -0.05) is 31.9 Å². The molecule has 0 unspecified atom stereocenters. The summed E-state index contributed by atoms with van der Waals surface area (Å²) in [6.45, 7) is 5.21. The monoisotopic (exact) mass is 310 g/mol. The predicted molar refractivity (Wildman–Crippen MR) is 85.8 cm³/mol. The summed E-state index contributed by atoms with van der Waals surface area (Å²) in [6, 6.07) is 6.32. The fourth-order valence-corrected chi connectivity index (χ4v) is 3.62. The summed E-state index contributed by atoms with van der Waals surface area (Å²) in [5.41, 5.74) is 1.83. The van der Waals surface area contributed by atoms with Crippen molar-refractivity contribution in [3.8, 4) is 0 Å². The summed E-state index contributed by atoms with van der Waals surface area (Å²) in [7, 11) is -3.39. The molecule has 1 aliphatic carbocycles. The van der Waals surface area contributed by atoms with Crippen LogP contribution < -0.4 is 10.0 Å². The van der Waals surface area contributed by atoms with Crippen LogP contribution in [0.1, 0.15) is 50.2 Å². The average molecular weight is 310 g/mol. The SMILES string of the molecule is CCCCCNS(=O)(=O)c1cc(CNC2CC2)ccc1C. The van der Waals surface area contributed by atoms with Gasteiger partial charge in [0.1, 0.15) is 0 Å². The van der Waals surface area contributed by atoms with Crippen molar-refractivity contribution in [2.24, 2.45) is 0 Å². The summed E-state index contributed by atoms with van der Waals surface area (Å²) in [5.74, 6) is 0. The minimum Gasteiger partial charge on any atom is -0.310 e. The number of benzene rings is 1. The molecule has 0 aromatic heterocycles. The van der Waals surface area contributed by atoms with Crippen molar-refractivity contribution in [2.45, 2.75) is 63.4 Å². The zero-order valence-corrected chi connectivity index (χ0v) is 13.8. The van der Waals surface area contributed by atoms with E-state index in [0.717, 1.165) is 36.9 Å². The van der Waals surface area contributed by atoms with E-state index in [2.05, 4.69) is 17.0 Å². The van der Waals surface area contributed by atoms with Crippen LogP contribution >= 0.6 is 0 Å². The van der Waals surface area contributed by atoms with E-state index in [4.69, 9.17) is 0 Å². The third-order valence-corrected chi connectivity index (χ3v) is 5.39. The third kappa shape index (κ3) is 5.09. The van der Waals surface area contributed by atoms with Crippen molar-refractivity contribution in [1.29, 1.82) is 0 Å². The second kappa shape index (κ2) is 7.38. The molecule has 0 saturated heterocycles. The summed E-state index contributed by atoms with van der Waals surface area (Å²) < 4.78 is 27.5. The molecular weight excluding hydrogens is 284 g/mol. The average Bonchev–Trinajstić information content (AvgIpc) is 3.27. The third-order valence-electron chi connectivity index (χ3n) is 3.79. The maximum absolute atomic E-state index is 12.4. The van der Waals surface area contributed by atoms with Gasteiger partial charge in [-0.05, 0) is 43.4 Å². The molecule has 0 heterocycles. The first-order valence-corrected chi connectivity index (χ1v) is 9.34. The molecule has 118 valence electrons. The van der Waals surface area contributed by atoms with Crippen LogP contribution in [0.25, 0.3) is 0 Å². The van der Waals surface area contributed by atoms with Crippen LogP contribution in [0.5, 0.6) is 0 Å². The maximum atomic E-state index is 12.4. The quantitative estimate of drug-likeness (QED) is 0.690. The van der Waals surface area contributed by atoms with E-state index in [-0.39, 0.29) is 0 Å². The van der Waals surface area contributed by atoms with Crippen molar-refractivity contribution in [2.75, 3.05) is 6.54 Å². The Balaban J connectivity index is 2.03. The summed E-state index contributed by atoms with van der Waals surface area (Å²) in [5, 5.41) is 3.42. The Labute approximate surface area is 128 Å². The molecule has 0 amide bonds. The lowest BCUT2D eigenvalue weighted by molar-refractivity contribution is 0.575. The molecule has 0 spiro atoms. The van der Waals surface area contributed by atoms with Gasteiger partial charge >= 0.3 is 0 Å². The number of sulfonamides is 1. The highest BCUT2D eigenvalue weighted by atomic mass is 32.2. The highest BCUT2D eigenvalue weighted by molar-refractivity contribution is 7.89. The first kappa shape index (κ1) is 16.5. The summed E-state index contributed by atoms with van der Waals surface area (Å²) in [6.07, 6.45) is 5.49. The van der Waals surface area contributed by atoms with Gasteiger partial charge in [-0.25, -0.2) is 13.1 Å². The van der Waals surface area contributed by atoms with Crippen LogP contribution in [0.15, 0.2) is 23.1 Å². The zero-order chi connectivity index (χ0) is 15.3. The van der Waals surface area contributed by atoms with E-state index < -0.39 is 10.0 Å². The molecule has 1 aromatic rings. The first-order valence-electron chi connectivity index (χ1n) is 7.85. The number of hydrogen-bond acceptors (Lipinski definition) is 3. The maximum Gasteiger partial charge on any atom is 0.240 e. The predicted octanol–water partition coefficient (Wildman–Crippen LogP) is 2.72. The smallest absolute Gasteiger partial charge is 0.240 e. The molecule has 4 nitrogen and oxygen atoms in total. The second-order valence-corrected chi connectivity index (χ2v) is 7.60. The molecule has 2 rings (SSSR count). The number of nitrogens with one attached hydrogen (secondary N) is 2. The van der Waals surface area contributed by atoms with Gasteiger partial charge in [-0.3, -0.25) is 0 Å². The van der Waals surface area contributed by atoms with Crippen LogP contribution in [0, 0.1) is 6.92 Å². The molecule has 1 fully saturated rings. The zero-order valence-electron chi connectivity index (χ0n) is 13.0. The molecule has 0 bridgehead atoms. The van der Waals surface area contributed by atoms with E-state index in [9.17, 15) is 8.42 Å². The van der Waals surface area contributed by atoms with Gasteiger partial charge in [-0.15, -0.1) is 0 Å². The Bertz CT molecular complexity index is 566. The molecule has 0 aliphatic heterocycles. The number of aryl methyl sites for hydroxylation is 1. The molecule has 0 radical (unpaired) electrons. The van der Waals surface area contributed by atoms with Crippen LogP contribution in [-0.4, -0.2) is 21.0 Å². The Morgan fingerprint density at radius 1 is 1.24 bits per heavy atom. The Hall–Kier alpha value is -0.910. The lowest BCUT2D eigenvalue weighted by Crippen LogP contribution is -2.26. The summed E-state index contributed by atoms with van der Waals surface area (Å²) in [4.78, 5) is 0.411. The lowest BCUT2D eigenvalue weighted by atomic mass is 10.1. The highest BCUT2D eigenvalue weighted by Crippen LogP contribution is 2.21. The lowest BCUT2D eigenvalue weighted by Gasteiger charge is -2.11. The molecular formula is C16H26N2O2S.